The molecule has 1 saturated carbocycles. The Morgan fingerprint density at radius 3 is 2.84 bits per heavy atom. The molecule has 1 heterocycles. The topological polar surface area (TPSA) is 73.1 Å². The van der Waals surface area contributed by atoms with Crippen LogP contribution >= 0.6 is 0 Å². The first kappa shape index (κ1) is 17.4. The van der Waals surface area contributed by atoms with Crippen molar-refractivity contribution in [3.63, 3.8) is 0 Å². The molecule has 0 atom stereocenters. The van der Waals surface area contributed by atoms with Gasteiger partial charge >= 0.3 is 0 Å². The fourth-order valence-electron chi connectivity index (χ4n) is 3.43. The van der Waals surface area contributed by atoms with E-state index in [0.29, 0.717) is 11.9 Å². The molecule has 0 unspecified atom stereocenters. The summed E-state index contributed by atoms with van der Waals surface area (Å²) in [6, 6.07) is 7.84. The number of carbonyl (C=O) groups is 1. The summed E-state index contributed by atoms with van der Waals surface area (Å²) in [4.78, 5) is 16.0. The highest BCUT2D eigenvalue weighted by molar-refractivity contribution is 5.76. The lowest BCUT2D eigenvalue weighted by Gasteiger charge is -2.33. The summed E-state index contributed by atoms with van der Waals surface area (Å²) in [6.45, 7) is 2.88. The third kappa shape index (κ3) is 4.15. The second-order valence-electron chi connectivity index (χ2n) is 6.35. The van der Waals surface area contributed by atoms with Crippen LogP contribution in [0, 0.1) is 0 Å². The fourth-order valence-corrected chi connectivity index (χ4v) is 3.43. The third-order valence-corrected chi connectivity index (χ3v) is 4.73. The summed E-state index contributed by atoms with van der Waals surface area (Å²) in [7, 11) is 1.62. The molecule has 1 aliphatic rings. The zero-order valence-corrected chi connectivity index (χ0v) is 14.9. The Hall–Kier alpha value is -2.44. The number of benzene rings is 1. The lowest BCUT2D eigenvalue weighted by molar-refractivity contribution is -0.135. The molecule has 2 aromatic rings. The summed E-state index contributed by atoms with van der Waals surface area (Å²) in [6.07, 6.45) is 5.88. The van der Waals surface area contributed by atoms with Crippen molar-refractivity contribution in [1.82, 2.24) is 25.1 Å². The zero-order chi connectivity index (χ0) is 17.6. The fraction of sp³-hybridized carbons (Fsp3) is 0.556. The van der Waals surface area contributed by atoms with Crippen LogP contribution in [0.25, 0.3) is 11.4 Å². The van der Waals surface area contributed by atoms with E-state index >= 15 is 0 Å². The quantitative estimate of drug-likeness (QED) is 0.806. The van der Waals surface area contributed by atoms with Gasteiger partial charge in [-0.1, -0.05) is 31.4 Å². The van der Waals surface area contributed by atoms with Crippen molar-refractivity contribution in [2.24, 2.45) is 0 Å². The van der Waals surface area contributed by atoms with Gasteiger partial charge in [0.25, 0.3) is 0 Å². The minimum Gasteiger partial charge on any atom is -0.497 e. The lowest BCUT2D eigenvalue weighted by Crippen LogP contribution is -2.43. The van der Waals surface area contributed by atoms with Crippen LogP contribution in [0.5, 0.6) is 5.75 Å². The number of ether oxygens (including phenoxy) is 1. The molecule has 1 fully saturated rings. The average Bonchev–Trinajstić information content (AvgIpc) is 3.12. The van der Waals surface area contributed by atoms with Crippen molar-refractivity contribution in [2.45, 2.75) is 51.6 Å². The van der Waals surface area contributed by atoms with Gasteiger partial charge in [-0.15, -0.1) is 10.2 Å². The number of tetrazole rings is 1. The van der Waals surface area contributed by atoms with Crippen LogP contribution in [-0.4, -0.2) is 50.7 Å². The molecule has 0 radical (unpaired) electrons. The van der Waals surface area contributed by atoms with Gasteiger partial charge in [0.05, 0.1) is 7.11 Å². The number of methoxy groups -OCH3 is 1. The standard InChI is InChI=1S/C18H25N5O2/c1-3-22(15-9-5-4-6-10-15)17(24)13-23-20-18(19-21-23)14-8-7-11-16(12-14)25-2/h7-8,11-12,15H,3-6,9-10,13H2,1-2H3. The van der Waals surface area contributed by atoms with Crippen molar-refractivity contribution in [3.8, 4) is 17.1 Å². The molecule has 25 heavy (non-hydrogen) atoms. The molecule has 7 nitrogen and oxygen atoms in total. The molecule has 0 N–H and O–H groups in total. The molecule has 1 aromatic carbocycles. The molecular weight excluding hydrogens is 318 g/mol. The number of hydrogen-bond donors (Lipinski definition) is 0. The molecule has 3 rings (SSSR count). The largest absolute Gasteiger partial charge is 0.497 e. The average molecular weight is 343 g/mol. The lowest BCUT2D eigenvalue weighted by atomic mass is 9.94. The molecule has 1 aromatic heterocycles. The maximum atomic E-state index is 12.7. The van der Waals surface area contributed by atoms with Crippen LogP contribution in [0.3, 0.4) is 0 Å². The summed E-state index contributed by atoms with van der Waals surface area (Å²) >= 11 is 0. The SMILES string of the molecule is CCN(C(=O)Cn1nnc(-c2cccc(OC)c2)n1)C1CCCCC1. The van der Waals surface area contributed by atoms with Gasteiger partial charge in [-0.2, -0.15) is 4.80 Å². The van der Waals surface area contributed by atoms with E-state index in [1.54, 1.807) is 7.11 Å². The summed E-state index contributed by atoms with van der Waals surface area (Å²) in [5.74, 6) is 1.29. The van der Waals surface area contributed by atoms with E-state index in [-0.39, 0.29) is 12.5 Å². The van der Waals surface area contributed by atoms with Crippen molar-refractivity contribution < 1.29 is 9.53 Å². The Morgan fingerprint density at radius 1 is 1.32 bits per heavy atom. The number of rotatable bonds is 6. The van der Waals surface area contributed by atoms with Crippen LogP contribution in [0.4, 0.5) is 0 Å². The van der Waals surface area contributed by atoms with Crippen LogP contribution in [0.2, 0.25) is 0 Å². The molecule has 134 valence electrons. The van der Waals surface area contributed by atoms with Gasteiger partial charge in [0.2, 0.25) is 11.7 Å². The van der Waals surface area contributed by atoms with E-state index in [0.717, 1.165) is 30.7 Å². The van der Waals surface area contributed by atoms with Gasteiger partial charge in [0.15, 0.2) is 0 Å². The summed E-state index contributed by atoms with van der Waals surface area (Å²) < 4.78 is 5.22. The Balaban J connectivity index is 1.68. The highest BCUT2D eigenvalue weighted by Crippen LogP contribution is 2.23. The van der Waals surface area contributed by atoms with E-state index in [2.05, 4.69) is 15.4 Å². The number of nitrogens with zero attached hydrogens (tertiary/aromatic N) is 5. The monoisotopic (exact) mass is 343 g/mol. The first-order valence-corrected chi connectivity index (χ1v) is 8.93. The molecule has 0 aliphatic heterocycles. The van der Waals surface area contributed by atoms with Crippen molar-refractivity contribution in [2.75, 3.05) is 13.7 Å². The molecular formula is C18H25N5O2. The zero-order valence-electron chi connectivity index (χ0n) is 14.9. The van der Waals surface area contributed by atoms with Crippen LogP contribution in [0.15, 0.2) is 24.3 Å². The second kappa shape index (κ2) is 8.09. The highest BCUT2D eigenvalue weighted by Gasteiger charge is 2.24. The number of aromatic nitrogens is 4. The van der Waals surface area contributed by atoms with Crippen LogP contribution in [-0.2, 0) is 11.3 Å². The number of amides is 1. The Kier molecular flexibility index (Phi) is 5.63. The van der Waals surface area contributed by atoms with Crippen molar-refractivity contribution in [3.05, 3.63) is 24.3 Å². The predicted octanol–water partition coefficient (Wildman–Crippen LogP) is 2.53. The normalized spacial score (nSPS) is 15.1. The molecule has 0 spiro atoms. The Labute approximate surface area is 148 Å². The summed E-state index contributed by atoms with van der Waals surface area (Å²) in [5, 5.41) is 12.5. The first-order valence-electron chi connectivity index (χ1n) is 8.93. The minimum absolute atomic E-state index is 0.0593. The van der Waals surface area contributed by atoms with Gasteiger partial charge in [-0.05, 0) is 37.1 Å². The van der Waals surface area contributed by atoms with Crippen molar-refractivity contribution >= 4 is 5.91 Å². The second-order valence-corrected chi connectivity index (χ2v) is 6.35. The minimum atomic E-state index is 0.0593. The maximum absolute atomic E-state index is 12.7. The van der Waals surface area contributed by atoms with E-state index in [1.165, 1.54) is 24.1 Å². The van der Waals surface area contributed by atoms with Gasteiger partial charge in [-0.25, -0.2) is 0 Å². The van der Waals surface area contributed by atoms with E-state index in [9.17, 15) is 4.79 Å². The summed E-state index contributed by atoms with van der Waals surface area (Å²) in [5.41, 5.74) is 0.817. The number of likely N-dealkylation sites (N-methyl/N-ethyl adjacent to an activating group) is 1. The Bertz CT molecular complexity index is 709. The van der Waals surface area contributed by atoms with Crippen molar-refractivity contribution in [1.29, 1.82) is 0 Å². The van der Waals surface area contributed by atoms with Gasteiger partial charge < -0.3 is 9.64 Å². The highest BCUT2D eigenvalue weighted by atomic mass is 16.5. The van der Waals surface area contributed by atoms with E-state index < -0.39 is 0 Å². The van der Waals surface area contributed by atoms with E-state index in [1.807, 2.05) is 36.1 Å². The molecule has 1 aliphatic carbocycles. The maximum Gasteiger partial charge on any atom is 0.246 e. The van der Waals surface area contributed by atoms with Gasteiger partial charge in [0, 0.05) is 18.2 Å². The third-order valence-electron chi connectivity index (χ3n) is 4.73. The number of carbonyl (C=O) groups excluding carboxylic acids is 1. The van der Waals surface area contributed by atoms with Crippen LogP contribution < -0.4 is 4.74 Å². The molecule has 0 bridgehead atoms. The van der Waals surface area contributed by atoms with E-state index in [4.69, 9.17) is 4.74 Å². The predicted molar refractivity (Wildman–Crippen MR) is 94.1 cm³/mol. The smallest absolute Gasteiger partial charge is 0.246 e. The molecule has 0 saturated heterocycles. The van der Waals surface area contributed by atoms with Gasteiger partial charge in [-0.3, -0.25) is 4.79 Å². The first-order chi connectivity index (χ1) is 12.2. The number of hydrogen-bond acceptors (Lipinski definition) is 5. The Morgan fingerprint density at radius 2 is 2.12 bits per heavy atom. The molecule has 7 heteroatoms. The van der Waals surface area contributed by atoms with Gasteiger partial charge in [0.1, 0.15) is 12.3 Å². The molecule has 1 amide bonds. The van der Waals surface area contributed by atoms with Crippen LogP contribution in [0.1, 0.15) is 39.0 Å².